The standard InChI is InChI=1S/C16H23N3OS/c1-17-14-15-13(18-9-21-15)4-5-19(16(14)20)12-7-10-2-3-11(6-10)8-12/h9-12,14,17H,2-8H2,1H3. The molecule has 3 aliphatic rings. The first-order valence-corrected chi connectivity index (χ1v) is 9.04. The Hall–Kier alpha value is -0.940. The molecule has 3 unspecified atom stereocenters. The van der Waals surface area contributed by atoms with E-state index in [1.54, 1.807) is 11.3 Å². The molecule has 5 heteroatoms. The third-order valence-corrected chi connectivity index (χ3v) is 6.58. The third-order valence-electron chi connectivity index (χ3n) is 5.64. The minimum absolute atomic E-state index is 0.186. The van der Waals surface area contributed by atoms with Crippen LogP contribution in [0.4, 0.5) is 0 Å². The average molecular weight is 305 g/mol. The van der Waals surface area contributed by atoms with E-state index in [9.17, 15) is 4.79 Å². The molecule has 1 N–H and O–H groups in total. The summed E-state index contributed by atoms with van der Waals surface area (Å²) in [4.78, 5) is 20.8. The second-order valence-corrected chi connectivity index (χ2v) is 7.72. The van der Waals surface area contributed by atoms with Crippen LogP contribution in [-0.2, 0) is 11.2 Å². The van der Waals surface area contributed by atoms with Gasteiger partial charge in [-0.2, -0.15) is 0 Å². The number of hydrogen-bond donors (Lipinski definition) is 1. The van der Waals surface area contributed by atoms with E-state index in [1.807, 2.05) is 12.6 Å². The van der Waals surface area contributed by atoms with Crippen molar-refractivity contribution in [1.29, 1.82) is 0 Å². The predicted octanol–water partition coefficient (Wildman–Crippen LogP) is 2.37. The van der Waals surface area contributed by atoms with Gasteiger partial charge in [0.2, 0.25) is 5.91 Å². The molecule has 1 aliphatic heterocycles. The molecule has 0 saturated heterocycles. The Morgan fingerprint density at radius 3 is 2.76 bits per heavy atom. The maximum absolute atomic E-state index is 13.0. The van der Waals surface area contributed by atoms with Crippen molar-refractivity contribution in [2.24, 2.45) is 11.8 Å². The van der Waals surface area contributed by atoms with E-state index >= 15 is 0 Å². The van der Waals surface area contributed by atoms with Crippen LogP contribution in [0, 0.1) is 11.8 Å². The van der Waals surface area contributed by atoms with Gasteiger partial charge in [0, 0.05) is 19.0 Å². The number of aromatic nitrogens is 1. The van der Waals surface area contributed by atoms with Crippen molar-refractivity contribution in [2.45, 2.75) is 50.6 Å². The summed E-state index contributed by atoms with van der Waals surface area (Å²) in [5.41, 5.74) is 2.99. The molecule has 0 aromatic carbocycles. The zero-order valence-electron chi connectivity index (χ0n) is 12.5. The molecule has 2 heterocycles. The zero-order valence-corrected chi connectivity index (χ0v) is 13.4. The summed E-state index contributed by atoms with van der Waals surface area (Å²) in [7, 11) is 1.89. The molecule has 114 valence electrons. The van der Waals surface area contributed by atoms with Crippen molar-refractivity contribution in [3.8, 4) is 0 Å². The van der Waals surface area contributed by atoms with E-state index in [2.05, 4.69) is 15.2 Å². The molecule has 1 amide bonds. The Kier molecular flexibility index (Phi) is 3.50. The van der Waals surface area contributed by atoms with Crippen LogP contribution in [0.15, 0.2) is 5.51 Å². The van der Waals surface area contributed by atoms with Gasteiger partial charge in [-0.3, -0.25) is 4.79 Å². The van der Waals surface area contributed by atoms with Crippen LogP contribution in [0.3, 0.4) is 0 Å². The summed E-state index contributed by atoms with van der Waals surface area (Å²) in [6.07, 6.45) is 7.53. The van der Waals surface area contributed by atoms with Gasteiger partial charge in [0.05, 0.1) is 16.1 Å². The topological polar surface area (TPSA) is 45.2 Å². The lowest BCUT2D eigenvalue weighted by molar-refractivity contribution is -0.136. The summed E-state index contributed by atoms with van der Waals surface area (Å²) in [5.74, 6) is 2.00. The fourth-order valence-corrected chi connectivity index (χ4v) is 5.60. The fourth-order valence-electron chi connectivity index (χ4n) is 4.66. The van der Waals surface area contributed by atoms with Crippen molar-refractivity contribution in [3.63, 3.8) is 0 Å². The molecular formula is C16H23N3OS. The van der Waals surface area contributed by atoms with Gasteiger partial charge in [0.25, 0.3) is 0 Å². The van der Waals surface area contributed by atoms with Crippen LogP contribution in [0.25, 0.3) is 0 Å². The number of carbonyl (C=O) groups excluding carboxylic acids is 1. The van der Waals surface area contributed by atoms with Gasteiger partial charge in [0.1, 0.15) is 6.04 Å². The Morgan fingerprint density at radius 2 is 2.05 bits per heavy atom. The Balaban J connectivity index is 1.59. The second-order valence-electron chi connectivity index (χ2n) is 6.84. The summed E-state index contributed by atoms with van der Waals surface area (Å²) >= 11 is 1.62. The van der Waals surface area contributed by atoms with Crippen molar-refractivity contribution < 1.29 is 4.79 Å². The van der Waals surface area contributed by atoms with Crippen molar-refractivity contribution in [2.75, 3.05) is 13.6 Å². The maximum atomic E-state index is 13.0. The third kappa shape index (κ3) is 2.30. The molecule has 1 aromatic rings. The summed E-state index contributed by atoms with van der Waals surface area (Å²) in [6, 6.07) is 0.281. The SMILES string of the molecule is CNC1C(=O)N(C2CC3CCC(C3)C2)CCc2ncsc21. The molecular weight excluding hydrogens is 282 g/mol. The van der Waals surface area contributed by atoms with Crippen molar-refractivity contribution >= 4 is 17.2 Å². The van der Waals surface area contributed by atoms with E-state index in [0.29, 0.717) is 6.04 Å². The quantitative estimate of drug-likeness (QED) is 0.912. The van der Waals surface area contributed by atoms with Crippen LogP contribution >= 0.6 is 11.3 Å². The Labute approximate surface area is 129 Å². The first kappa shape index (κ1) is 13.7. The Bertz CT molecular complexity index is 531. The van der Waals surface area contributed by atoms with Gasteiger partial charge < -0.3 is 10.2 Å². The zero-order chi connectivity index (χ0) is 14.4. The number of hydrogen-bond acceptors (Lipinski definition) is 4. The fraction of sp³-hybridized carbons (Fsp3) is 0.750. The van der Waals surface area contributed by atoms with Gasteiger partial charge in [-0.25, -0.2) is 4.98 Å². The molecule has 2 saturated carbocycles. The highest BCUT2D eigenvalue weighted by Gasteiger charge is 2.41. The molecule has 4 rings (SSSR count). The smallest absolute Gasteiger partial charge is 0.245 e. The second kappa shape index (κ2) is 5.36. The monoisotopic (exact) mass is 305 g/mol. The predicted molar refractivity (Wildman–Crippen MR) is 83.2 cm³/mol. The number of rotatable bonds is 2. The molecule has 2 bridgehead atoms. The van der Waals surface area contributed by atoms with Crippen LogP contribution in [-0.4, -0.2) is 35.4 Å². The van der Waals surface area contributed by atoms with Gasteiger partial charge >= 0.3 is 0 Å². The van der Waals surface area contributed by atoms with E-state index in [4.69, 9.17) is 0 Å². The normalized spacial score (nSPS) is 35.7. The number of amides is 1. The lowest BCUT2D eigenvalue weighted by Gasteiger charge is -2.37. The van der Waals surface area contributed by atoms with Crippen LogP contribution in [0.5, 0.6) is 0 Å². The van der Waals surface area contributed by atoms with Crippen molar-refractivity contribution in [3.05, 3.63) is 16.1 Å². The first-order chi connectivity index (χ1) is 10.3. The molecule has 2 fully saturated rings. The van der Waals surface area contributed by atoms with Gasteiger partial charge in [-0.05, 0) is 38.1 Å². The van der Waals surface area contributed by atoms with Crippen LogP contribution in [0.1, 0.15) is 48.7 Å². The maximum Gasteiger partial charge on any atom is 0.245 e. The average Bonchev–Trinajstić information content (AvgIpc) is 3.04. The molecule has 21 heavy (non-hydrogen) atoms. The molecule has 0 radical (unpaired) electrons. The number of fused-ring (bicyclic) bond motifs is 3. The summed E-state index contributed by atoms with van der Waals surface area (Å²) < 4.78 is 0. The summed E-state index contributed by atoms with van der Waals surface area (Å²) in [5, 5.41) is 3.22. The highest BCUT2D eigenvalue weighted by atomic mass is 32.1. The van der Waals surface area contributed by atoms with E-state index in [1.165, 1.54) is 32.1 Å². The molecule has 2 aliphatic carbocycles. The van der Waals surface area contributed by atoms with Crippen LogP contribution < -0.4 is 5.32 Å². The summed E-state index contributed by atoms with van der Waals surface area (Å²) in [6.45, 7) is 0.845. The highest BCUT2D eigenvalue weighted by Crippen LogP contribution is 2.44. The van der Waals surface area contributed by atoms with Gasteiger partial charge in [-0.15, -0.1) is 11.3 Å². The minimum atomic E-state index is -0.186. The number of nitrogens with one attached hydrogen (secondary N) is 1. The number of likely N-dealkylation sites (N-methyl/N-ethyl adjacent to an activating group) is 1. The first-order valence-electron chi connectivity index (χ1n) is 8.16. The lowest BCUT2D eigenvalue weighted by atomic mass is 9.84. The Morgan fingerprint density at radius 1 is 1.29 bits per heavy atom. The molecule has 3 atom stereocenters. The number of thiazole rings is 1. The van der Waals surface area contributed by atoms with E-state index in [-0.39, 0.29) is 11.9 Å². The molecule has 4 nitrogen and oxygen atoms in total. The highest BCUT2D eigenvalue weighted by molar-refractivity contribution is 7.10. The van der Waals surface area contributed by atoms with Crippen LogP contribution in [0.2, 0.25) is 0 Å². The number of carbonyl (C=O) groups is 1. The van der Waals surface area contributed by atoms with E-state index < -0.39 is 0 Å². The van der Waals surface area contributed by atoms with Crippen molar-refractivity contribution in [1.82, 2.24) is 15.2 Å². The largest absolute Gasteiger partial charge is 0.338 e. The molecule has 1 aromatic heterocycles. The number of nitrogens with zero attached hydrogens (tertiary/aromatic N) is 2. The molecule has 0 spiro atoms. The minimum Gasteiger partial charge on any atom is -0.338 e. The van der Waals surface area contributed by atoms with E-state index in [0.717, 1.165) is 35.4 Å². The van der Waals surface area contributed by atoms with Gasteiger partial charge in [-0.1, -0.05) is 12.8 Å². The van der Waals surface area contributed by atoms with Gasteiger partial charge in [0.15, 0.2) is 0 Å². The lowest BCUT2D eigenvalue weighted by Crippen LogP contribution is -2.47.